The number of rotatable bonds is 2. The van der Waals surface area contributed by atoms with E-state index in [-0.39, 0.29) is 21.5 Å². The van der Waals surface area contributed by atoms with Crippen LogP contribution in [0.2, 0.25) is 0 Å². The van der Waals surface area contributed by atoms with Crippen LogP contribution in [0.5, 0.6) is 0 Å². The van der Waals surface area contributed by atoms with Gasteiger partial charge in [-0.25, -0.2) is 12.8 Å². The standard InChI is InChI=1S/C12H13BrFNO3S/c13-11-9(4-1-5-10(11)14)12(16)15-8-3-2-6-19(17,18)7-8/h1,4-5,8H,2-3,6-7H2,(H,15,16). The number of amides is 1. The third-order valence-corrected chi connectivity index (χ3v) is 5.62. The monoisotopic (exact) mass is 349 g/mol. The molecule has 1 aromatic carbocycles. The van der Waals surface area contributed by atoms with Crippen molar-refractivity contribution in [3.8, 4) is 0 Å². The van der Waals surface area contributed by atoms with Crippen molar-refractivity contribution in [2.75, 3.05) is 11.5 Å². The Hall–Kier alpha value is -0.950. The van der Waals surface area contributed by atoms with Gasteiger partial charge in [0.15, 0.2) is 9.84 Å². The molecule has 1 aliphatic rings. The number of carbonyl (C=O) groups excluding carboxylic acids is 1. The lowest BCUT2D eigenvalue weighted by Crippen LogP contribution is -2.43. The van der Waals surface area contributed by atoms with Gasteiger partial charge in [0.1, 0.15) is 5.82 Å². The van der Waals surface area contributed by atoms with Gasteiger partial charge in [-0.1, -0.05) is 6.07 Å². The van der Waals surface area contributed by atoms with Crippen LogP contribution in [0.4, 0.5) is 4.39 Å². The molecule has 1 aliphatic heterocycles. The molecule has 1 fully saturated rings. The lowest BCUT2D eigenvalue weighted by Gasteiger charge is -2.23. The Labute approximate surface area is 119 Å². The van der Waals surface area contributed by atoms with Crippen molar-refractivity contribution in [1.29, 1.82) is 0 Å². The van der Waals surface area contributed by atoms with E-state index in [1.54, 1.807) is 0 Å². The molecule has 1 heterocycles. The molecular formula is C12H13BrFNO3S. The van der Waals surface area contributed by atoms with Gasteiger partial charge >= 0.3 is 0 Å². The second-order valence-corrected chi connectivity index (χ2v) is 7.55. The van der Waals surface area contributed by atoms with Gasteiger partial charge in [-0.2, -0.15) is 0 Å². The first-order chi connectivity index (χ1) is 8.89. The summed E-state index contributed by atoms with van der Waals surface area (Å²) in [6.07, 6.45) is 1.16. The third kappa shape index (κ3) is 3.54. The third-order valence-electron chi connectivity index (χ3n) is 2.99. The summed E-state index contributed by atoms with van der Waals surface area (Å²) in [6.45, 7) is 0. The SMILES string of the molecule is O=C(NC1CCCS(=O)(=O)C1)c1cccc(F)c1Br. The molecule has 1 unspecified atom stereocenters. The minimum absolute atomic E-state index is 0.0499. The Bertz CT molecular complexity index is 603. The fourth-order valence-electron chi connectivity index (χ4n) is 2.08. The Kier molecular flexibility index (Phi) is 4.25. The molecule has 19 heavy (non-hydrogen) atoms. The minimum Gasteiger partial charge on any atom is -0.348 e. The molecule has 0 spiro atoms. The number of hydrogen-bond donors (Lipinski definition) is 1. The number of carbonyl (C=O) groups is 1. The first-order valence-electron chi connectivity index (χ1n) is 5.84. The predicted molar refractivity (Wildman–Crippen MR) is 73.2 cm³/mol. The number of hydrogen-bond acceptors (Lipinski definition) is 3. The summed E-state index contributed by atoms with van der Waals surface area (Å²) in [6, 6.07) is 3.76. The van der Waals surface area contributed by atoms with Gasteiger partial charge in [0, 0.05) is 6.04 Å². The fourth-order valence-corrected chi connectivity index (χ4v) is 4.16. The van der Waals surface area contributed by atoms with Crippen molar-refractivity contribution in [2.24, 2.45) is 0 Å². The van der Waals surface area contributed by atoms with Crippen LogP contribution in [0.1, 0.15) is 23.2 Å². The van der Waals surface area contributed by atoms with Crippen LogP contribution in [0.25, 0.3) is 0 Å². The van der Waals surface area contributed by atoms with Gasteiger partial charge in [-0.05, 0) is 40.9 Å². The highest BCUT2D eigenvalue weighted by atomic mass is 79.9. The maximum Gasteiger partial charge on any atom is 0.252 e. The van der Waals surface area contributed by atoms with Crippen molar-refractivity contribution in [2.45, 2.75) is 18.9 Å². The van der Waals surface area contributed by atoms with Crippen LogP contribution < -0.4 is 5.32 Å². The number of halogens is 2. The number of sulfone groups is 1. The van der Waals surface area contributed by atoms with Crippen molar-refractivity contribution in [3.05, 3.63) is 34.1 Å². The largest absolute Gasteiger partial charge is 0.348 e. The Morgan fingerprint density at radius 1 is 1.42 bits per heavy atom. The summed E-state index contributed by atoms with van der Waals surface area (Å²) >= 11 is 3.01. The average molecular weight is 350 g/mol. The number of nitrogens with one attached hydrogen (secondary N) is 1. The molecule has 1 aromatic rings. The van der Waals surface area contributed by atoms with E-state index in [9.17, 15) is 17.6 Å². The summed E-state index contributed by atoms with van der Waals surface area (Å²) in [5, 5.41) is 2.64. The predicted octanol–water partition coefficient (Wildman–Crippen LogP) is 1.90. The van der Waals surface area contributed by atoms with E-state index in [2.05, 4.69) is 21.2 Å². The molecule has 1 saturated heterocycles. The zero-order valence-corrected chi connectivity index (χ0v) is 12.4. The smallest absolute Gasteiger partial charge is 0.252 e. The van der Waals surface area contributed by atoms with E-state index < -0.39 is 27.6 Å². The molecule has 0 bridgehead atoms. The molecule has 2 rings (SSSR count). The van der Waals surface area contributed by atoms with Crippen molar-refractivity contribution in [1.82, 2.24) is 5.32 Å². The van der Waals surface area contributed by atoms with E-state index in [1.807, 2.05) is 0 Å². The summed E-state index contributed by atoms with van der Waals surface area (Å²) in [5.41, 5.74) is 0.169. The van der Waals surface area contributed by atoms with Crippen LogP contribution >= 0.6 is 15.9 Å². The lowest BCUT2D eigenvalue weighted by atomic mass is 10.1. The number of benzene rings is 1. The first-order valence-corrected chi connectivity index (χ1v) is 8.46. The zero-order chi connectivity index (χ0) is 14.0. The topological polar surface area (TPSA) is 63.2 Å². The molecule has 4 nitrogen and oxygen atoms in total. The van der Waals surface area contributed by atoms with Crippen molar-refractivity contribution < 1.29 is 17.6 Å². The van der Waals surface area contributed by atoms with Gasteiger partial charge in [-0.15, -0.1) is 0 Å². The molecule has 0 aliphatic carbocycles. The highest BCUT2D eigenvalue weighted by molar-refractivity contribution is 9.10. The Morgan fingerprint density at radius 3 is 2.84 bits per heavy atom. The van der Waals surface area contributed by atoms with E-state index in [0.29, 0.717) is 12.8 Å². The van der Waals surface area contributed by atoms with Crippen LogP contribution in [0.15, 0.2) is 22.7 Å². The molecule has 1 amide bonds. The van der Waals surface area contributed by atoms with Gasteiger partial charge < -0.3 is 5.32 Å². The molecule has 104 valence electrons. The maximum absolute atomic E-state index is 13.3. The summed E-state index contributed by atoms with van der Waals surface area (Å²) in [4.78, 5) is 12.0. The average Bonchev–Trinajstić information content (AvgIpc) is 2.31. The van der Waals surface area contributed by atoms with Gasteiger partial charge in [-0.3, -0.25) is 4.79 Å². The second-order valence-electron chi connectivity index (χ2n) is 4.53. The van der Waals surface area contributed by atoms with Crippen LogP contribution in [0, 0.1) is 5.82 Å². The first kappa shape index (κ1) is 14.5. The molecule has 1 N–H and O–H groups in total. The van der Waals surface area contributed by atoms with Gasteiger partial charge in [0.2, 0.25) is 0 Å². The minimum atomic E-state index is -3.08. The molecule has 0 saturated carbocycles. The van der Waals surface area contributed by atoms with E-state index in [4.69, 9.17) is 0 Å². The van der Waals surface area contributed by atoms with Crippen molar-refractivity contribution >= 4 is 31.7 Å². The van der Waals surface area contributed by atoms with E-state index in [1.165, 1.54) is 18.2 Å². The lowest BCUT2D eigenvalue weighted by molar-refractivity contribution is 0.0937. The van der Waals surface area contributed by atoms with Crippen LogP contribution in [0.3, 0.4) is 0 Å². The molecule has 0 aromatic heterocycles. The second kappa shape index (κ2) is 5.58. The van der Waals surface area contributed by atoms with Gasteiger partial charge in [0.25, 0.3) is 5.91 Å². The summed E-state index contributed by atoms with van der Waals surface area (Å²) < 4.78 is 36.4. The summed E-state index contributed by atoms with van der Waals surface area (Å²) in [7, 11) is -3.08. The maximum atomic E-state index is 13.3. The highest BCUT2D eigenvalue weighted by Crippen LogP contribution is 2.21. The molecule has 0 radical (unpaired) electrons. The van der Waals surface area contributed by atoms with Gasteiger partial charge in [0.05, 0.1) is 21.5 Å². The Balaban J connectivity index is 2.11. The normalized spacial score (nSPS) is 21.9. The van der Waals surface area contributed by atoms with Crippen LogP contribution in [-0.4, -0.2) is 31.9 Å². The molecule has 7 heteroatoms. The quantitative estimate of drug-likeness (QED) is 0.886. The van der Waals surface area contributed by atoms with E-state index >= 15 is 0 Å². The summed E-state index contributed by atoms with van der Waals surface area (Å²) in [5.74, 6) is -0.869. The highest BCUT2D eigenvalue weighted by Gasteiger charge is 2.26. The molecule has 1 atom stereocenters. The van der Waals surface area contributed by atoms with E-state index in [0.717, 1.165) is 0 Å². The zero-order valence-electron chi connectivity index (χ0n) is 10.0. The fraction of sp³-hybridized carbons (Fsp3) is 0.417. The Morgan fingerprint density at radius 2 is 2.16 bits per heavy atom. The van der Waals surface area contributed by atoms with Crippen molar-refractivity contribution in [3.63, 3.8) is 0 Å². The molecular weight excluding hydrogens is 337 g/mol. The van der Waals surface area contributed by atoms with Crippen LogP contribution in [-0.2, 0) is 9.84 Å².